The number of oxazole rings is 1. The van der Waals surface area contributed by atoms with E-state index in [1.54, 1.807) is 35.2 Å². The fraction of sp³-hybridized carbons (Fsp3) is 0.160. The Labute approximate surface area is 183 Å². The molecule has 1 aliphatic heterocycles. The molecule has 0 spiro atoms. The molecule has 0 atom stereocenters. The van der Waals surface area contributed by atoms with Gasteiger partial charge in [0.1, 0.15) is 6.54 Å². The van der Waals surface area contributed by atoms with E-state index in [1.807, 2.05) is 42.5 Å². The first-order valence-electron chi connectivity index (χ1n) is 10.4. The van der Waals surface area contributed by atoms with Crippen LogP contribution in [0.5, 0.6) is 0 Å². The lowest BCUT2D eigenvalue weighted by Crippen LogP contribution is -2.34. The van der Waals surface area contributed by atoms with Gasteiger partial charge >= 0.3 is 5.76 Å². The van der Waals surface area contributed by atoms with Gasteiger partial charge in [0, 0.05) is 17.8 Å². The van der Waals surface area contributed by atoms with Gasteiger partial charge in [-0.05, 0) is 47.9 Å². The van der Waals surface area contributed by atoms with Crippen LogP contribution < -0.4 is 16.0 Å². The van der Waals surface area contributed by atoms with Crippen molar-refractivity contribution in [1.29, 1.82) is 0 Å². The first-order chi connectivity index (χ1) is 15.6. The zero-order valence-corrected chi connectivity index (χ0v) is 17.3. The number of carbonyl (C=O) groups is 2. The van der Waals surface area contributed by atoms with E-state index in [0.717, 1.165) is 16.8 Å². The summed E-state index contributed by atoms with van der Waals surface area (Å²) in [5.74, 6) is -0.808. The molecule has 3 aromatic carbocycles. The van der Waals surface area contributed by atoms with E-state index in [1.165, 1.54) is 4.57 Å². The Morgan fingerprint density at radius 2 is 1.72 bits per heavy atom. The Hall–Kier alpha value is -4.13. The molecule has 1 N–H and O–H groups in total. The van der Waals surface area contributed by atoms with Crippen LogP contribution in [0.4, 0.5) is 11.4 Å². The second kappa shape index (κ2) is 8.19. The third-order valence-electron chi connectivity index (χ3n) is 5.62. The fourth-order valence-electron chi connectivity index (χ4n) is 4.08. The number of hydrogen-bond donors (Lipinski definition) is 1. The third-order valence-corrected chi connectivity index (χ3v) is 5.62. The molecule has 0 aliphatic carbocycles. The summed E-state index contributed by atoms with van der Waals surface area (Å²) >= 11 is 0. The van der Waals surface area contributed by atoms with Crippen molar-refractivity contribution >= 4 is 34.3 Å². The summed E-state index contributed by atoms with van der Waals surface area (Å²) in [5.41, 5.74) is 4.58. The molecular formula is C25H21N3O4. The van der Waals surface area contributed by atoms with Crippen molar-refractivity contribution in [2.45, 2.75) is 25.9 Å². The lowest BCUT2D eigenvalue weighted by atomic mass is 9.99. The number of para-hydroxylation sites is 2. The highest BCUT2D eigenvalue weighted by atomic mass is 16.4. The largest absolute Gasteiger partial charge is 0.420 e. The minimum atomic E-state index is -0.568. The maximum atomic E-state index is 12.6. The van der Waals surface area contributed by atoms with Gasteiger partial charge in [0.05, 0.1) is 12.1 Å². The van der Waals surface area contributed by atoms with Crippen LogP contribution in [0, 0.1) is 0 Å². The first kappa shape index (κ1) is 19.8. The van der Waals surface area contributed by atoms with E-state index in [0.29, 0.717) is 36.2 Å². The summed E-state index contributed by atoms with van der Waals surface area (Å²) in [6, 6.07) is 22.4. The summed E-state index contributed by atoms with van der Waals surface area (Å²) in [6.07, 6.45) is 1.04. The van der Waals surface area contributed by atoms with Crippen LogP contribution in [0.2, 0.25) is 0 Å². The number of nitrogens with zero attached hydrogens (tertiary/aromatic N) is 2. The van der Waals surface area contributed by atoms with Gasteiger partial charge in [0.25, 0.3) is 0 Å². The average molecular weight is 427 g/mol. The van der Waals surface area contributed by atoms with Gasteiger partial charge < -0.3 is 14.6 Å². The van der Waals surface area contributed by atoms with Gasteiger partial charge in [-0.15, -0.1) is 0 Å². The minimum Gasteiger partial charge on any atom is -0.408 e. The van der Waals surface area contributed by atoms with Gasteiger partial charge in [0.2, 0.25) is 11.8 Å². The number of amides is 2. The van der Waals surface area contributed by atoms with Crippen molar-refractivity contribution in [2.24, 2.45) is 0 Å². The van der Waals surface area contributed by atoms with Crippen LogP contribution in [0.3, 0.4) is 0 Å². The average Bonchev–Trinajstić information content (AvgIpc) is 3.11. The molecule has 1 aliphatic rings. The number of benzene rings is 3. The maximum absolute atomic E-state index is 12.6. The van der Waals surface area contributed by atoms with E-state index in [4.69, 9.17) is 4.42 Å². The van der Waals surface area contributed by atoms with E-state index >= 15 is 0 Å². The third kappa shape index (κ3) is 3.80. The molecule has 4 aromatic rings. The first-order valence-corrected chi connectivity index (χ1v) is 10.4. The molecule has 0 saturated heterocycles. The molecule has 32 heavy (non-hydrogen) atoms. The molecule has 2 amide bonds. The Morgan fingerprint density at radius 1 is 0.938 bits per heavy atom. The van der Waals surface area contributed by atoms with E-state index in [2.05, 4.69) is 5.32 Å². The smallest absolute Gasteiger partial charge is 0.408 e. The lowest BCUT2D eigenvalue weighted by Gasteiger charge is -2.30. The Bertz CT molecular complexity index is 1370. The van der Waals surface area contributed by atoms with Crippen LogP contribution in [-0.4, -0.2) is 16.4 Å². The predicted octanol–water partition coefficient (Wildman–Crippen LogP) is 3.71. The molecule has 7 heteroatoms. The SMILES string of the molecule is O=C(Cn1c(=O)oc2ccccc21)Nc1ccc2c(c1)CCC(=O)N2Cc1ccccc1. The second-order valence-electron chi connectivity index (χ2n) is 7.78. The number of rotatable bonds is 5. The van der Waals surface area contributed by atoms with Gasteiger partial charge in [-0.2, -0.15) is 0 Å². The highest BCUT2D eigenvalue weighted by Crippen LogP contribution is 2.31. The quantitative estimate of drug-likeness (QED) is 0.526. The molecule has 160 valence electrons. The Kier molecular flexibility index (Phi) is 5.07. The number of hydrogen-bond acceptors (Lipinski definition) is 4. The summed E-state index contributed by atoms with van der Waals surface area (Å²) in [6.45, 7) is 0.362. The molecule has 0 unspecified atom stereocenters. The van der Waals surface area contributed by atoms with Crippen molar-refractivity contribution < 1.29 is 14.0 Å². The summed E-state index contributed by atoms with van der Waals surface area (Å²) in [4.78, 5) is 39.1. The van der Waals surface area contributed by atoms with Gasteiger partial charge in [-0.3, -0.25) is 14.2 Å². The lowest BCUT2D eigenvalue weighted by molar-refractivity contribution is -0.119. The van der Waals surface area contributed by atoms with E-state index in [-0.39, 0.29) is 18.4 Å². The van der Waals surface area contributed by atoms with Crippen molar-refractivity contribution in [3.63, 3.8) is 0 Å². The molecule has 0 bridgehead atoms. The van der Waals surface area contributed by atoms with Crippen molar-refractivity contribution in [2.75, 3.05) is 10.2 Å². The summed E-state index contributed by atoms with van der Waals surface area (Å²) in [7, 11) is 0. The zero-order chi connectivity index (χ0) is 22.1. The van der Waals surface area contributed by atoms with Crippen molar-refractivity contribution in [3.8, 4) is 0 Å². The highest BCUT2D eigenvalue weighted by molar-refractivity contribution is 5.97. The standard InChI is InChI=1S/C25H21N3O4/c29-23(16-28-21-8-4-5-9-22(21)32-25(28)31)26-19-11-12-20-18(14-19)10-13-24(30)27(20)15-17-6-2-1-3-7-17/h1-9,11-12,14H,10,13,15-16H2,(H,26,29). The number of anilines is 2. The molecular weight excluding hydrogens is 406 g/mol. The molecule has 0 saturated carbocycles. The van der Waals surface area contributed by atoms with Crippen LogP contribution in [0.25, 0.3) is 11.1 Å². The summed E-state index contributed by atoms with van der Waals surface area (Å²) < 4.78 is 6.49. The Morgan fingerprint density at radius 3 is 2.56 bits per heavy atom. The minimum absolute atomic E-state index is 0.0874. The fourth-order valence-corrected chi connectivity index (χ4v) is 4.08. The second-order valence-corrected chi connectivity index (χ2v) is 7.78. The summed E-state index contributed by atoms with van der Waals surface area (Å²) in [5, 5.41) is 2.85. The van der Waals surface area contributed by atoms with Crippen LogP contribution in [0.1, 0.15) is 17.5 Å². The number of aromatic nitrogens is 1. The molecule has 0 fully saturated rings. The molecule has 0 radical (unpaired) electrons. The van der Waals surface area contributed by atoms with Crippen LogP contribution >= 0.6 is 0 Å². The van der Waals surface area contributed by atoms with Crippen LogP contribution in [0.15, 0.2) is 82.0 Å². The van der Waals surface area contributed by atoms with Crippen molar-refractivity contribution in [1.82, 2.24) is 4.57 Å². The molecule has 5 rings (SSSR count). The van der Waals surface area contributed by atoms with E-state index < -0.39 is 5.76 Å². The predicted molar refractivity (Wildman–Crippen MR) is 121 cm³/mol. The molecule has 2 heterocycles. The zero-order valence-electron chi connectivity index (χ0n) is 17.3. The monoisotopic (exact) mass is 427 g/mol. The Balaban J connectivity index is 1.34. The normalized spacial score (nSPS) is 13.2. The van der Waals surface area contributed by atoms with Crippen molar-refractivity contribution in [3.05, 3.63) is 94.5 Å². The molecule has 7 nitrogen and oxygen atoms in total. The topological polar surface area (TPSA) is 84.5 Å². The number of nitrogens with one attached hydrogen (secondary N) is 1. The number of carbonyl (C=O) groups excluding carboxylic acids is 2. The maximum Gasteiger partial charge on any atom is 0.420 e. The van der Waals surface area contributed by atoms with Gasteiger partial charge in [-0.1, -0.05) is 42.5 Å². The molecule has 1 aromatic heterocycles. The van der Waals surface area contributed by atoms with Crippen LogP contribution in [-0.2, 0) is 29.1 Å². The van der Waals surface area contributed by atoms with Gasteiger partial charge in [0.15, 0.2) is 5.58 Å². The van der Waals surface area contributed by atoms with Gasteiger partial charge in [-0.25, -0.2) is 4.79 Å². The highest BCUT2D eigenvalue weighted by Gasteiger charge is 2.24. The van der Waals surface area contributed by atoms with E-state index in [9.17, 15) is 14.4 Å². The number of fused-ring (bicyclic) bond motifs is 2. The number of aryl methyl sites for hydroxylation is 1.